The molecule has 0 radical (unpaired) electrons. The molecule has 2 aliphatic heterocycles. The van der Waals surface area contributed by atoms with Gasteiger partial charge in [0.25, 0.3) is 0 Å². The minimum Gasteiger partial charge on any atom is -0.508 e. The minimum absolute atomic E-state index is 0.0949. The number of phenols is 1. The Kier molecular flexibility index (Phi) is 44.8. The summed E-state index contributed by atoms with van der Waals surface area (Å²) >= 11 is 2.34. The van der Waals surface area contributed by atoms with Crippen LogP contribution in [0.25, 0.3) is 10.8 Å². The van der Waals surface area contributed by atoms with Gasteiger partial charge in [0.2, 0.25) is 100 Å². The smallest absolute Gasteiger partial charge is 0.305 e. The molecule has 0 aromatic heterocycles. The number of carbonyl (C=O) groups is 22. The molecule has 0 aliphatic carbocycles. The van der Waals surface area contributed by atoms with Crippen LogP contribution in [0.1, 0.15) is 110 Å². The Balaban J connectivity index is 0.00000569. The first kappa shape index (κ1) is 112. The molecule has 15 atom stereocenters. The Hall–Kier alpha value is -14.3. The molecule has 46 nitrogen and oxygen atoms in total. The van der Waals surface area contributed by atoms with Gasteiger partial charge in [0.05, 0.1) is 25.8 Å². The molecule has 0 saturated heterocycles. The first-order valence-corrected chi connectivity index (χ1v) is 46.2. The van der Waals surface area contributed by atoms with Crippen molar-refractivity contribution in [3.63, 3.8) is 0 Å². The van der Waals surface area contributed by atoms with Gasteiger partial charge in [0.1, 0.15) is 103 Å². The van der Waals surface area contributed by atoms with E-state index in [0.29, 0.717) is 34.9 Å². The number of hydrogen-bond acceptors (Lipinski definition) is 28. The number of carbonyl (C=O) groups excluding carboxylic acids is 18. The number of primary amides is 2. The van der Waals surface area contributed by atoms with Crippen LogP contribution in [0, 0.1) is 5.41 Å². The van der Waals surface area contributed by atoms with Crippen molar-refractivity contribution >= 4 is 177 Å². The zero-order chi connectivity index (χ0) is 102. The van der Waals surface area contributed by atoms with Crippen molar-refractivity contribution in [3.8, 4) is 5.75 Å². The molecule has 5 aromatic carbocycles. The van der Waals surface area contributed by atoms with Crippen molar-refractivity contribution in [2.45, 2.75) is 217 Å². The largest absolute Gasteiger partial charge is 0.508 e. The fourth-order valence-corrected chi connectivity index (χ4v) is 16.8. The molecule has 49 heteroatoms. The number of carboxylic acid groups (broad SMARTS) is 4. The Morgan fingerprint density at radius 2 is 0.891 bits per heavy atom. The van der Waals surface area contributed by atoms with Crippen LogP contribution in [0.5, 0.6) is 5.75 Å². The van der Waals surface area contributed by atoms with E-state index in [1.807, 2.05) is 0 Å². The van der Waals surface area contributed by atoms with E-state index in [2.05, 4.69) is 85.1 Å². The average Bonchev–Trinajstić information content (AvgIpc) is 0.865. The Bertz CT molecular complexity index is 5280. The summed E-state index contributed by atoms with van der Waals surface area (Å²) in [6.45, 7) is 8.11. The van der Waals surface area contributed by atoms with Crippen molar-refractivity contribution in [1.82, 2.24) is 85.1 Å². The third-order valence-electron chi connectivity index (χ3n) is 20.8. The number of nitrogens with one attached hydrogen (secondary N) is 16. The van der Waals surface area contributed by atoms with Gasteiger partial charge < -0.3 is 133 Å². The van der Waals surface area contributed by atoms with Gasteiger partial charge in [-0.05, 0) is 110 Å². The number of nitrogens with two attached hydrogens (primary N) is 3. The molecule has 746 valence electrons. The number of phenolic OH excluding ortho intramolecular Hbond substituents is 1. The standard InChI is InChI=1S/C86H108N18O26S3.C3H7NO/c1-41(90-65(107)37-89-7)72(117)102-62-39-132-50-31-49-32-51(33-50)133-40-63(103-74(119)43(3)91-77(122)57(30-47-18-13-17-46-16-11-12-19-52(46)47)98-75(120)53(24-26-66(108)109)93-80(125)58(34-64(87)106)95-73(118)42(2)92-83(62)128)84(129)94-54(25-27-67(110)111)76(121)99-59(35-68(112)113)81(126)97-55(28-44-14-9-8-10-15-44)78(123)96-56(29-45-20-22-48(105)23-21-45)79(124)100-60(36-69(114)115)82(127)104-70(86(4,5)6)85(130)101-61(38-131-49)71(88)116;4-2-1-3-5/h8-23,31-33,41-43,53-63,70,89,105H,24-30,34-40H2,1-7H3,(H2,87,106)(H2,88,116)(H,90,107)(H,91,122)(H,92,128)(H,93,125)(H,94,129)(H,95,118)(H,96,123)(H,97,126)(H,98,120)(H,99,121)(H,100,124)(H,101,130)(H,102,117)(H,103,119)(H,104,127)(H,108,109)(H,110,111)(H,112,113)(H,114,115);3H,1-2,4H2/t41-,42+,43+,53-,54-,55-,56-,57-,58-,59-,60-,61-,62-,63-,70+;/m0./s1. The normalized spacial score (nSPS) is 22.9. The maximum Gasteiger partial charge on any atom is 0.305 e. The second-order valence-corrected chi connectivity index (χ2v) is 36.4. The van der Waals surface area contributed by atoms with Gasteiger partial charge in [-0.15, -0.1) is 35.3 Å². The topological polar surface area (TPSA) is 747 Å². The molecule has 27 N–H and O–H groups in total. The lowest BCUT2D eigenvalue weighted by Gasteiger charge is -2.33. The van der Waals surface area contributed by atoms with E-state index in [9.17, 15) is 107 Å². The highest BCUT2D eigenvalue weighted by Crippen LogP contribution is 2.34. The van der Waals surface area contributed by atoms with E-state index in [1.165, 1.54) is 101 Å². The average molecular weight is 1980 g/mol. The molecule has 7 rings (SSSR count). The van der Waals surface area contributed by atoms with E-state index in [0.717, 1.165) is 55.4 Å². The lowest BCUT2D eigenvalue weighted by atomic mass is 9.85. The molecule has 138 heavy (non-hydrogen) atoms. The summed E-state index contributed by atoms with van der Waals surface area (Å²) in [5.41, 5.74) is 16.1. The van der Waals surface area contributed by atoms with Gasteiger partial charge in [-0.3, -0.25) is 101 Å². The van der Waals surface area contributed by atoms with Gasteiger partial charge in [-0.1, -0.05) is 106 Å². The van der Waals surface area contributed by atoms with Gasteiger partial charge in [0, 0.05) is 70.5 Å². The van der Waals surface area contributed by atoms with Crippen molar-refractivity contribution in [2.24, 2.45) is 22.6 Å². The number of thioether (sulfide) groups is 3. The van der Waals surface area contributed by atoms with Crippen molar-refractivity contribution in [2.75, 3.05) is 37.4 Å². The molecule has 0 unspecified atom stereocenters. The highest BCUT2D eigenvalue weighted by Gasteiger charge is 2.42. The number of aldehydes is 1. The van der Waals surface area contributed by atoms with E-state index in [1.54, 1.807) is 48.5 Å². The molecule has 2 heterocycles. The van der Waals surface area contributed by atoms with Crippen molar-refractivity contribution in [3.05, 3.63) is 132 Å². The number of carboxylic acids is 4. The predicted octanol–water partition coefficient (Wildman–Crippen LogP) is -4.25. The third-order valence-corrected chi connectivity index (χ3v) is 24.0. The number of aliphatic carboxylic acids is 4. The highest BCUT2D eigenvalue weighted by atomic mass is 32.2. The SMILES string of the molecule is CNCC(=O)N[C@@H](C)C(=O)N[C@H]1CSc2cc3cc(c2)SC[C@H](NC(=O)[C@@H](C)NC(=O)[C@H](Cc2cccc4ccccc24)NC(=O)[C@H](CCC(=O)O)NC(=O)[C@H](CC(N)=O)NC(=O)[C@@H](C)NC1=O)C(=O)N[C@@H](CCC(=O)O)C(=O)N[C@@H](CC(=O)O)C(=O)N[C@@H](Cc1ccccc1)C(=O)N[C@@H](Cc1ccc(O)cc1)C(=O)N[C@@H](CC(=O)O)C(=O)N[C@@H](C(C)(C)C)C(=O)N[C@H](C(N)=O)CS3.NCCC=O. The van der Waals surface area contributed by atoms with E-state index < -0.39 is 302 Å². The molecule has 17 amide bonds. The molecule has 0 spiro atoms. The molecular weight excluding hydrogens is 1860 g/mol. The quantitative estimate of drug-likeness (QED) is 0.0233. The zero-order valence-electron chi connectivity index (χ0n) is 76.2. The van der Waals surface area contributed by atoms with Crippen LogP contribution in [0.2, 0.25) is 0 Å². The fraction of sp³-hybridized carbons (Fsp3) is 0.438. The summed E-state index contributed by atoms with van der Waals surface area (Å²) in [6.07, 6.45) is -7.03. The maximum absolute atomic E-state index is 15.5. The summed E-state index contributed by atoms with van der Waals surface area (Å²) < 4.78 is 0. The number of fused-ring (bicyclic) bond motifs is 5. The molecule has 2 aliphatic rings. The summed E-state index contributed by atoms with van der Waals surface area (Å²) in [5, 5.41) is 91.1. The summed E-state index contributed by atoms with van der Waals surface area (Å²) in [7, 11) is 1.44. The van der Waals surface area contributed by atoms with Crippen molar-refractivity contribution in [1.29, 1.82) is 0 Å². The van der Waals surface area contributed by atoms with Crippen LogP contribution < -0.4 is 102 Å². The first-order chi connectivity index (χ1) is 65.1. The Morgan fingerprint density at radius 1 is 0.464 bits per heavy atom. The molecule has 0 fully saturated rings. The second kappa shape index (κ2) is 55.0. The molecular formula is C89H115N19O27S3. The fourth-order valence-electron chi connectivity index (χ4n) is 13.5. The highest BCUT2D eigenvalue weighted by molar-refractivity contribution is 8.01. The van der Waals surface area contributed by atoms with Crippen LogP contribution in [0.15, 0.2) is 130 Å². The van der Waals surface area contributed by atoms with Crippen LogP contribution in [-0.4, -0.2) is 284 Å². The molecule has 0 saturated carbocycles. The minimum atomic E-state index is -2.26. The Labute approximate surface area is 803 Å². The van der Waals surface area contributed by atoms with Gasteiger partial charge >= 0.3 is 23.9 Å². The van der Waals surface area contributed by atoms with Crippen LogP contribution in [0.4, 0.5) is 0 Å². The maximum atomic E-state index is 15.5. The first-order valence-electron chi connectivity index (χ1n) is 43.3. The van der Waals surface area contributed by atoms with Gasteiger partial charge in [-0.25, -0.2) is 0 Å². The molecule has 4 bridgehead atoms. The zero-order valence-corrected chi connectivity index (χ0v) is 78.6. The van der Waals surface area contributed by atoms with Crippen LogP contribution in [0.3, 0.4) is 0 Å². The number of hydrogen-bond donors (Lipinski definition) is 24. The number of benzene rings is 5. The summed E-state index contributed by atoms with van der Waals surface area (Å²) in [6, 6.07) is 0.788. The van der Waals surface area contributed by atoms with Crippen LogP contribution >= 0.6 is 35.3 Å². The monoisotopic (exact) mass is 1980 g/mol. The number of rotatable bonds is 26. The number of likely N-dealkylation sites (N-methyl/N-ethyl adjacent to an activating group) is 1. The Morgan fingerprint density at radius 3 is 1.38 bits per heavy atom. The van der Waals surface area contributed by atoms with E-state index in [-0.39, 0.29) is 32.5 Å². The van der Waals surface area contributed by atoms with Crippen LogP contribution in [-0.2, 0) is 125 Å². The molecule has 5 aromatic rings. The number of aromatic hydroxyl groups is 1. The summed E-state index contributed by atoms with van der Waals surface area (Å²) in [5.74, 6) is -29.0. The third kappa shape index (κ3) is 37.7. The summed E-state index contributed by atoms with van der Waals surface area (Å²) in [4.78, 5) is 307. The van der Waals surface area contributed by atoms with Gasteiger partial charge in [0.15, 0.2) is 0 Å². The predicted molar refractivity (Wildman–Crippen MR) is 499 cm³/mol. The second-order valence-electron chi connectivity index (χ2n) is 33.1. The van der Waals surface area contributed by atoms with E-state index >= 15 is 24.0 Å². The number of amides is 17. The lowest BCUT2D eigenvalue weighted by Crippen LogP contribution is -2.62. The van der Waals surface area contributed by atoms with Crippen molar-refractivity contribution < 1.29 is 131 Å². The lowest BCUT2D eigenvalue weighted by molar-refractivity contribution is -0.142. The van der Waals surface area contributed by atoms with E-state index in [4.69, 9.17) is 17.2 Å². The van der Waals surface area contributed by atoms with Gasteiger partial charge in [-0.2, -0.15) is 0 Å².